The first-order valence-corrected chi connectivity index (χ1v) is 6.35. The molecule has 1 N–H and O–H groups in total. The molecule has 5 heteroatoms. The Bertz CT molecular complexity index is 205. The Labute approximate surface area is 108 Å². The van der Waals surface area contributed by atoms with E-state index in [0.717, 1.165) is 38.4 Å². The second-order valence-electron chi connectivity index (χ2n) is 3.62. The van der Waals surface area contributed by atoms with Crippen molar-refractivity contribution in [3.63, 3.8) is 0 Å². The summed E-state index contributed by atoms with van der Waals surface area (Å²) in [4.78, 5) is 10.5. The highest BCUT2D eigenvalue weighted by molar-refractivity contribution is 6.18. The van der Waals surface area contributed by atoms with Crippen molar-refractivity contribution in [2.45, 2.75) is 31.8 Å². The van der Waals surface area contributed by atoms with Gasteiger partial charge in [-0.1, -0.05) is 13.0 Å². The van der Waals surface area contributed by atoms with Gasteiger partial charge < -0.3 is 14.6 Å². The van der Waals surface area contributed by atoms with E-state index in [4.69, 9.17) is 26.2 Å². The zero-order valence-corrected chi connectivity index (χ0v) is 10.8. The van der Waals surface area contributed by atoms with Gasteiger partial charge in [0.1, 0.15) is 0 Å². The smallest absolute Gasteiger partial charge is 0.330 e. The Hall–Kier alpha value is -0.580. The number of halogens is 1. The van der Waals surface area contributed by atoms with Crippen LogP contribution in [0.5, 0.6) is 0 Å². The maximum atomic E-state index is 10.5. The molecule has 1 atom stereocenters. The average molecular weight is 265 g/mol. The summed E-state index contributed by atoms with van der Waals surface area (Å²) in [7, 11) is 0. The first-order chi connectivity index (χ1) is 8.24. The number of esters is 1. The first kappa shape index (κ1) is 16.4. The van der Waals surface area contributed by atoms with E-state index >= 15 is 0 Å². The zero-order valence-electron chi connectivity index (χ0n) is 10.1. The van der Waals surface area contributed by atoms with Gasteiger partial charge in [-0.15, -0.1) is 11.6 Å². The molecule has 0 aromatic rings. The third-order valence-corrected chi connectivity index (χ3v) is 2.38. The van der Waals surface area contributed by atoms with Crippen LogP contribution in [0.25, 0.3) is 0 Å². The normalized spacial score (nSPS) is 16.7. The monoisotopic (exact) mass is 264 g/mol. The zero-order chi connectivity index (χ0) is 12.9. The van der Waals surface area contributed by atoms with Gasteiger partial charge in [0.05, 0.1) is 25.2 Å². The van der Waals surface area contributed by atoms with Gasteiger partial charge >= 0.3 is 5.97 Å². The third kappa shape index (κ3) is 13.4. The molecule has 17 heavy (non-hydrogen) atoms. The summed E-state index contributed by atoms with van der Waals surface area (Å²) >= 11 is 5.27. The molecule has 0 radical (unpaired) electrons. The highest BCUT2D eigenvalue weighted by atomic mass is 35.5. The molecular formula is C12H21ClO4. The molecule has 1 fully saturated rings. The standard InChI is InChI=1S/C9H16O3.C3H5ClO/c1-2-9(11)12-8-6-4-3-5-7-10;4-1-3-2-5-3/h2,10H,1,3-8H2;3H,1-2H2. The van der Waals surface area contributed by atoms with Crippen LogP contribution in [0.15, 0.2) is 12.7 Å². The van der Waals surface area contributed by atoms with Crippen molar-refractivity contribution < 1.29 is 19.4 Å². The number of epoxide rings is 1. The quantitative estimate of drug-likeness (QED) is 0.239. The molecule has 100 valence electrons. The molecule has 0 amide bonds. The van der Waals surface area contributed by atoms with Gasteiger partial charge in [0.15, 0.2) is 0 Å². The highest BCUT2D eigenvalue weighted by Crippen LogP contribution is 2.08. The molecule has 1 aliphatic heterocycles. The molecule has 0 aromatic heterocycles. The van der Waals surface area contributed by atoms with Crippen LogP contribution in [0, 0.1) is 0 Å². The Morgan fingerprint density at radius 3 is 2.53 bits per heavy atom. The Morgan fingerprint density at radius 2 is 2.12 bits per heavy atom. The summed E-state index contributed by atoms with van der Waals surface area (Å²) in [6.07, 6.45) is 5.23. The number of aliphatic hydroxyl groups excluding tert-OH is 1. The van der Waals surface area contributed by atoms with E-state index in [1.165, 1.54) is 0 Å². The third-order valence-electron chi connectivity index (χ3n) is 2.04. The van der Waals surface area contributed by atoms with Crippen molar-refractivity contribution in [2.75, 3.05) is 25.7 Å². The van der Waals surface area contributed by atoms with Crippen LogP contribution in [-0.4, -0.2) is 42.9 Å². The van der Waals surface area contributed by atoms with E-state index in [1.807, 2.05) is 0 Å². The molecule has 0 aliphatic carbocycles. The lowest BCUT2D eigenvalue weighted by molar-refractivity contribution is -0.137. The lowest BCUT2D eigenvalue weighted by atomic mass is 10.2. The fraction of sp³-hybridized carbons (Fsp3) is 0.750. The number of rotatable bonds is 8. The number of hydrogen-bond acceptors (Lipinski definition) is 4. The molecule has 1 heterocycles. The molecule has 4 nitrogen and oxygen atoms in total. The van der Waals surface area contributed by atoms with Crippen molar-refractivity contribution in [2.24, 2.45) is 0 Å². The SMILES string of the molecule is C=CC(=O)OCCCCCCO.ClCC1CO1. The second kappa shape index (κ2) is 11.9. The van der Waals surface area contributed by atoms with Crippen LogP contribution in [-0.2, 0) is 14.3 Å². The summed E-state index contributed by atoms with van der Waals surface area (Å²) in [5, 5.41) is 8.45. The molecular weight excluding hydrogens is 244 g/mol. The lowest BCUT2D eigenvalue weighted by Crippen LogP contribution is -2.01. The summed E-state index contributed by atoms with van der Waals surface area (Å²) in [6, 6.07) is 0. The van der Waals surface area contributed by atoms with E-state index in [9.17, 15) is 4.79 Å². The molecule has 0 aromatic carbocycles. The first-order valence-electron chi connectivity index (χ1n) is 5.82. The van der Waals surface area contributed by atoms with Crippen LogP contribution in [0.3, 0.4) is 0 Å². The van der Waals surface area contributed by atoms with Crippen LogP contribution in [0.1, 0.15) is 25.7 Å². The number of aliphatic hydroxyl groups is 1. The van der Waals surface area contributed by atoms with Gasteiger partial charge in [-0.3, -0.25) is 0 Å². The Morgan fingerprint density at radius 1 is 1.47 bits per heavy atom. The number of hydrogen-bond donors (Lipinski definition) is 1. The predicted molar refractivity (Wildman–Crippen MR) is 67.2 cm³/mol. The fourth-order valence-electron chi connectivity index (χ4n) is 0.956. The van der Waals surface area contributed by atoms with E-state index in [2.05, 4.69) is 6.58 Å². The van der Waals surface area contributed by atoms with Crippen LogP contribution < -0.4 is 0 Å². The van der Waals surface area contributed by atoms with E-state index in [-0.39, 0.29) is 12.6 Å². The minimum atomic E-state index is -0.364. The Balaban J connectivity index is 0.000000419. The highest BCUT2D eigenvalue weighted by Gasteiger charge is 2.19. The summed E-state index contributed by atoms with van der Waals surface area (Å²) < 4.78 is 9.48. The fourth-order valence-corrected chi connectivity index (χ4v) is 1.13. The second-order valence-corrected chi connectivity index (χ2v) is 3.93. The average Bonchev–Trinajstić information content (AvgIpc) is 3.17. The molecule has 0 bridgehead atoms. The molecule has 0 spiro atoms. The molecule has 1 rings (SSSR count). The van der Waals surface area contributed by atoms with E-state index in [1.54, 1.807) is 0 Å². The maximum Gasteiger partial charge on any atom is 0.330 e. The van der Waals surface area contributed by atoms with Gasteiger partial charge in [-0.25, -0.2) is 4.79 Å². The number of carbonyl (C=O) groups excluding carboxylic acids is 1. The summed E-state index contributed by atoms with van der Waals surface area (Å²) in [6.45, 7) is 4.86. The van der Waals surface area contributed by atoms with Crippen molar-refractivity contribution in [1.29, 1.82) is 0 Å². The van der Waals surface area contributed by atoms with Crippen molar-refractivity contribution >= 4 is 17.6 Å². The molecule has 1 unspecified atom stereocenters. The maximum absolute atomic E-state index is 10.5. The largest absolute Gasteiger partial charge is 0.463 e. The van der Waals surface area contributed by atoms with Crippen molar-refractivity contribution in [3.8, 4) is 0 Å². The van der Waals surface area contributed by atoms with Gasteiger partial charge in [0.25, 0.3) is 0 Å². The Kier molecular flexibility index (Phi) is 11.5. The molecule has 1 saturated heterocycles. The molecule has 1 aliphatic rings. The minimum absolute atomic E-state index is 0.243. The summed E-state index contributed by atoms with van der Waals surface area (Å²) in [5.41, 5.74) is 0. The van der Waals surface area contributed by atoms with E-state index < -0.39 is 0 Å². The molecule has 0 saturated carbocycles. The predicted octanol–water partition coefficient (Wildman–Crippen LogP) is 1.89. The van der Waals surface area contributed by atoms with Crippen LogP contribution >= 0.6 is 11.6 Å². The minimum Gasteiger partial charge on any atom is -0.463 e. The summed E-state index contributed by atoms with van der Waals surface area (Å²) in [5.74, 6) is 0.303. The van der Waals surface area contributed by atoms with Crippen molar-refractivity contribution in [3.05, 3.63) is 12.7 Å². The van der Waals surface area contributed by atoms with Crippen LogP contribution in [0.2, 0.25) is 0 Å². The van der Waals surface area contributed by atoms with Crippen LogP contribution in [0.4, 0.5) is 0 Å². The topological polar surface area (TPSA) is 59.1 Å². The van der Waals surface area contributed by atoms with Gasteiger partial charge in [0, 0.05) is 12.7 Å². The van der Waals surface area contributed by atoms with E-state index in [0.29, 0.717) is 18.6 Å². The number of carbonyl (C=O) groups is 1. The lowest BCUT2D eigenvalue weighted by Gasteiger charge is -2.00. The number of unbranched alkanes of at least 4 members (excludes halogenated alkanes) is 3. The van der Waals surface area contributed by atoms with Crippen molar-refractivity contribution in [1.82, 2.24) is 0 Å². The number of ether oxygens (including phenoxy) is 2. The number of alkyl halides is 1. The van der Waals surface area contributed by atoms with Gasteiger partial charge in [-0.2, -0.15) is 0 Å². The van der Waals surface area contributed by atoms with Gasteiger partial charge in [0.2, 0.25) is 0 Å². The van der Waals surface area contributed by atoms with Gasteiger partial charge in [-0.05, 0) is 19.3 Å².